The highest BCUT2D eigenvalue weighted by atomic mass is 15.3. The molecule has 0 atom stereocenters. The Hall–Kier alpha value is -0.860. The highest BCUT2D eigenvalue weighted by Gasteiger charge is 2.25. The van der Waals surface area contributed by atoms with E-state index in [-0.39, 0.29) is 0 Å². The second kappa shape index (κ2) is 6.73. The molecule has 2 heteroatoms. The molecule has 1 aromatic carbocycles. The van der Waals surface area contributed by atoms with Crippen LogP contribution in [0.3, 0.4) is 0 Å². The van der Waals surface area contributed by atoms with Crippen molar-refractivity contribution in [3.8, 4) is 0 Å². The van der Waals surface area contributed by atoms with Gasteiger partial charge in [0, 0.05) is 38.8 Å². The van der Waals surface area contributed by atoms with Crippen LogP contribution in [0.2, 0.25) is 0 Å². The predicted octanol–water partition coefficient (Wildman–Crippen LogP) is 3.31. The third-order valence-corrected chi connectivity index (χ3v) is 5.09. The Bertz CT molecular complexity index is 398. The number of hydrogen-bond acceptors (Lipinski definition) is 2. The lowest BCUT2D eigenvalue weighted by Gasteiger charge is -2.38. The topological polar surface area (TPSA) is 6.48 Å². The molecule has 1 heterocycles. The average molecular weight is 272 g/mol. The number of nitrogens with zero attached hydrogens (tertiary/aromatic N) is 2. The van der Waals surface area contributed by atoms with Crippen molar-refractivity contribution in [2.45, 2.75) is 51.6 Å². The Kier molecular flexibility index (Phi) is 4.74. The van der Waals surface area contributed by atoms with Crippen LogP contribution < -0.4 is 0 Å². The van der Waals surface area contributed by atoms with Crippen LogP contribution in [0.25, 0.3) is 0 Å². The van der Waals surface area contributed by atoms with E-state index in [4.69, 9.17) is 0 Å². The molecule has 0 unspecified atom stereocenters. The van der Waals surface area contributed by atoms with E-state index in [2.05, 4.69) is 41.0 Å². The largest absolute Gasteiger partial charge is 0.298 e. The fraction of sp³-hybridized carbons (Fsp3) is 0.667. The molecule has 0 N–H and O–H groups in total. The summed E-state index contributed by atoms with van der Waals surface area (Å²) in [6.07, 6.45) is 6.93. The highest BCUT2D eigenvalue weighted by molar-refractivity contribution is 5.22. The van der Waals surface area contributed by atoms with E-state index in [9.17, 15) is 0 Å². The molecule has 2 nitrogen and oxygen atoms in total. The van der Waals surface area contributed by atoms with Gasteiger partial charge in [0.15, 0.2) is 0 Å². The SMILES string of the molecule is CCc1ccc(CN2CCN(C3CCCC3)CC2)cc1. The minimum Gasteiger partial charge on any atom is -0.298 e. The summed E-state index contributed by atoms with van der Waals surface area (Å²) in [5, 5.41) is 0. The normalized spacial score (nSPS) is 22.4. The number of hydrogen-bond donors (Lipinski definition) is 0. The van der Waals surface area contributed by atoms with E-state index in [1.54, 1.807) is 0 Å². The number of rotatable bonds is 4. The average Bonchev–Trinajstić information content (AvgIpc) is 3.03. The summed E-state index contributed by atoms with van der Waals surface area (Å²) in [5.41, 5.74) is 2.91. The van der Waals surface area contributed by atoms with E-state index >= 15 is 0 Å². The van der Waals surface area contributed by atoms with Gasteiger partial charge in [-0.2, -0.15) is 0 Å². The third kappa shape index (κ3) is 3.42. The summed E-state index contributed by atoms with van der Waals surface area (Å²) in [6, 6.07) is 10.1. The molecule has 20 heavy (non-hydrogen) atoms. The zero-order valence-corrected chi connectivity index (χ0v) is 12.9. The Morgan fingerprint density at radius 3 is 2.10 bits per heavy atom. The smallest absolute Gasteiger partial charge is 0.0234 e. The maximum atomic E-state index is 2.74. The number of benzene rings is 1. The van der Waals surface area contributed by atoms with E-state index < -0.39 is 0 Å². The maximum Gasteiger partial charge on any atom is 0.0234 e. The lowest BCUT2D eigenvalue weighted by atomic mass is 10.1. The molecule has 1 aliphatic carbocycles. The summed E-state index contributed by atoms with van der Waals surface area (Å²) in [7, 11) is 0. The molecular weight excluding hydrogens is 244 g/mol. The van der Waals surface area contributed by atoms with Crippen LogP contribution in [0, 0.1) is 0 Å². The third-order valence-electron chi connectivity index (χ3n) is 5.09. The molecule has 1 saturated carbocycles. The summed E-state index contributed by atoms with van der Waals surface area (Å²) in [4.78, 5) is 5.36. The van der Waals surface area contributed by atoms with Crippen LogP contribution >= 0.6 is 0 Å². The fourth-order valence-electron chi connectivity index (χ4n) is 3.69. The van der Waals surface area contributed by atoms with Gasteiger partial charge >= 0.3 is 0 Å². The molecule has 1 aromatic rings. The molecule has 2 fully saturated rings. The lowest BCUT2D eigenvalue weighted by molar-refractivity contribution is 0.0937. The first-order valence-electron chi connectivity index (χ1n) is 8.39. The minimum absolute atomic E-state index is 0.904. The molecule has 3 rings (SSSR count). The van der Waals surface area contributed by atoms with Crippen molar-refractivity contribution in [2.24, 2.45) is 0 Å². The second-order valence-corrected chi connectivity index (χ2v) is 6.42. The van der Waals surface area contributed by atoms with Gasteiger partial charge < -0.3 is 0 Å². The summed E-state index contributed by atoms with van der Waals surface area (Å²) in [6.45, 7) is 8.38. The Morgan fingerprint density at radius 2 is 1.50 bits per heavy atom. The van der Waals surface area contributed by atoms with Crippen LogP contribution in [-0.2, 0) is 13.0 Å². The van der Waals surface area contributed by atoms with E-state index in [0.29, 0.717) is 0 Å². The molecule has 1 saturated heterocycles. The van der Waals surface area contributed by atoms with E-state index in [0.717, 1.165) is 19.0 Å². The standard InChI is InChI=1S/C18H28N2/c1-2-16-7-9-17(10-8-16)15-19-11-13-20(14-12-19)18-5-3-4-6-18/h7-10,18H,2-6,11-15H2,1H3. The van der Waals surface area contributed by atoms with Gasteiger partial charge in [-0.25, -0.2) is 0 Å². The van der Waals surface area contributed by atoms with Crippen molar-refractivity contribution < 1.29 is 0 Å². The Labute approximate surface area is 123 Å². The van der Waals surface area contributed by atoms with Gasteiger partial charge in [0.25, 0.3) is 0 Å². The molecule has 1 aliphatic heterocycles. The molecule has 0 bridgehead atoms. The summed E-state index contributed by atoms with van der Waals surface area (Å²) >= 11 is 0. The Morgan fingerprint density at radius 1 is 0.900 bits per heavy atom. The molecule has 0 radical (unpaired) electrons. The monoisotopic (exact) mass is 272 g/mol. The van der Waals surface area contributed by atoms with Gasteiger partial charge in [-0.05, 0) is 30.4 Å². The maximum absolute atomic E-state index is 2.74. The quantitative estimate of drug-likeness (QED) is 0.830. The van der Waals surface area contributed by atoms with Crippen LogP contribution in [0.1, 0.15) is 43.7 Å². The molecule has 0 amide bonds. The van der Waals surface area contributed by atoms with Crippen molar-refractivity contribution in [3.05, 3.63) is 35.4 Å². The zero-order valence-electron chi connectivity index (χ0n) is 12.9. The molecule has 110 valence electrons. The van der Waals surface area contributed by atoms with Gasteiger partial charge in [-0.1, -0.05) is 44.0 Å². The first-order valence-corrected chi connectivity index (χ1v) is 8.39. The Balaban J connectivity index is 1.47. The van der Waals surface area contributed by atoms with Crippen molar-refractivity contribution in [1.82, 2.24) is 9.80 Å². The molecule has 0 aromatic heterocycles. The van der Waals surface area contributed by atoms with Gasteiger partial charge in [0.05, 0.1) is 0 Å². The van der Waals surface area contributed by atoms with E-state index in [1.807, 2.05) is 0 Å². The van der Waals surface area contributed by atoms with Crippen LogP contribution in [-0.4, -0.2) is 42.0 Å². The first-order chi connectivity index (χ1) is 9.85. The van der Waals surface area contributed by atoms with Crippen LogP contribution in [0.5, 0.6) is 0 Å². The molecular formula is C18H28N2. The van der Waals surface area contributed by atoms with Gasteiger partial charge in [0.1, 0.15) is 0 Å². The molecule has 2 aliphatic rings. The lowest BCUT2D eigenvalue weighted by Crippen LogP contribution is -2.49. The van der Waals surface area contributed by atoms with E-state index in [1.165, 1.54) is 63.0 Å². The van der Waals surface area contributed by atoms with Crippen molar-refractivity contribution >= 4 is 0 Å². The van der Waals surface area contributed by atoms with Gasteiger partial charge in [-0.15, -0.1) is 0 Å². The van der Waals surface area contributed by atoms with Crippen molar-refractivity contribution in [3.63, 3.8) is 0 Å². The summed E-state index contributed by atoms with van der Waals surface area (Å²) in [5.74, 6) is 0. The fourth-order valence-corrected chi connectivity index (χ4v) is 3.69. The van der Waals surface area contributed by atoms with Crippen molar-refractivity contribution in [2.75, 3.05) is 26.2 Å². The van der Waals surface area contributed by atoms with Crippen LogP contribution in [0.15, 0.2) is 24.3 Å². The predicted molar refractivity (Wildman–Crippen MR) is 84.9 cm³/mol. The first kappa shape index (κ1) is 14.1. The number of piperazine rings is 1. The van der Waals surface area contributed by atoms with Gasteiger partial charge in [0.2, 0.25) is 0 Å². The zero-order chi connectivity index (χ0) is 13.8. The summed E-state index contributed by atoms with van der Waals surface area (Å²) < 4.78 is 0. The van der Waals surface area contributed by atoms with Crippen molar-refractivity contribution in [1.29, 1.82) is 0 Å². The van der Waals surface area contributed by atoms with Crippen LogP contribution in [0.4, 0.5) is 0 Å². The number of aryl methyl sites for hydroxylation is 1. The molecule has 0 spiro atoms. The second-order valence-electron chi connectivity index (χ2n) is 6.42. The minimum atomic E-state index is 0.904. The highest BCUT2D eigenvalue weighted by Crippen LogP contribution is 2.24. The van der Waals surface area contributed by atoms with Gasteiger partial charge in [-0.3, -0.25) is 9.80 Å².